The Balaban J connectivity index is 2.43. The van der Waals surface area contributed by atoms with Gasteiger partial charge >= 0.3 is 0 Å². The highest BCUT2D eigenvalue weighted by molar-refractivity contribution is 7.92. The number of sulfonamides is 1. The number of thiazole rings is 1. The minimum Gasteiger partial charge on any atom is -0.392 e. The lowest BCUT2D eigenvalue weighted by molar-refractivity contribution is -0.207. The average molecular weight is 520 g/mol. The first kappa shape index (κ1) is 27.2. The van der Waals surface area contributed by atoms with Gasteiger partial charge in [-0.1, -0.05) is 18.2 Å². The summed E-state index contributed by atoms with van der Waals surface area (Å²) in [5.41, 5.74) is -2.33. The van der Waals surface area contributed by atoms with Gasteiger partial charge in [0, 0.05) is 18.0 Å². The number of nitrogens with one attached hydrogen (secondary N) is 2. The van der Waals surface area contributed by atoms with Gasteiger partial charge in [0.05, 0.1) is 20.7 Å². The largest absolute Gasteiger partial charge is 0.392 e. The molecule has 0 radical (unpaired) electrons. The number of nitrogens with zero attached hydrogens (tertiary/aromatic N) is 3. The second kappa shape index (κ2) is 9.68. The number of oxime groups is 1. The molecule has 1 aliphatic rings. The van der Waals surface area contributed by atoms with Crippen LogP contribution >= 0.6 is 11.3 Å². The standard InChI is InChI=1S/C19H33N5O6S2Si/c1-11(2)30-22-13(12-10-31-17(20-12)23-32(7,27)28)14(25)21-19(29-6)15(26)24(18(3,4)5)16(19)33(8)9/h10-11,16,33H,1-9H3,(H,20,23)(H,21,25). The molecule has 1 fully saturated rings. The molecule has 1 saturated heterocycles. The molecular formula is C19H33N5O6S2Si. The first-order valence-electron chi connectivity index (χ1n) is 10.4. The number of carbonyl (C=O) groups is 2. The first-order chi connectivity index (χ1) is 15.0. The van der Waals surface area contributed by atoms with Crippen LogP contribution in [0, 0.1) is 0 Å². The van der Waals surface area contributed by atoms with Crippen molar-refractivity contribution >= 4 is 52.8 Å². The quantitative estimate of drug-likeness (QED) is 0.164. The van der Waals surface area contributed by atoms with Crippen LogP contribution in [-0.4, -0.2) is 81.0 Å². The fourth-order valence-corrected chi connectivity index (χ4v) is 7.63. The maximum Gasteiger partial charge on any atom is 0.278 e. The Morgan fingerprint density at radius 3 is 2.42 bits per heavy atom. The van der Waals surface area contributed by atoms with Crippen molar-refractivity contribution in [1.29, 1.82) is 0 Å². The van der Waals surface area contributed by atoms with E-state index in [4.69, 9.17) is 9.57 Å². The minimum atomic E-state index is -3.55. The molecule has 2 atom stereocenters. The summed E-state index contributed by atoms with van der Waals surface area (Å²) < 4.78 is 30.9. The highest BCUT2D eigenvalue weighted by atomic mass is 32.2. The third kappa shape index (κ3) is 5.91. The van der Waals surface area contributed by atoms with E-state index in [9.17, 15) is 18.0 Å². The molecule has 2 unspecified atom stereocenters. The highest BCUT2D eigenvalue weighted by Gasteiger charge is 2.66. The Morgan fingerprint density at radius 1 is 1.36 bits per heavy atom. The normalized spacial score (nSPS) is 21.9. The van der Waals surface area contributed by atoms with E-state index in [1.165, 1.54) is 12.5 Å². The SMILES string of the molecule is COC1(NC(=O)C(=NOC(C)C)c2csc(NS(C)(=O)=O)n2)C(=O)N(C(C)(C)C)C1[SiH](C)C. The van der Waals surface area contributed by atoms with Gasteiger partial charge in [-0.25, -0.2) is 13.4 Å². The van der Waals surface area contributed by atoms with E-state index >= 15 is 0 Å². The van der Waals surface area contributed by atoms with Crippen LogP contribution in [0.5, 0.6) is 0 Å². The van der Waals surface area contributed by atoms with Crippen molar-refractivity contribution in [2.45, 2.75) is 70.7 Å². The van der Waals surface area contributed by atoms with Gasteiger partial charge in [-0.3, -0.25) is 14.3 Å². The van der Waals surface area contributed by atoms with Crippen LogP contribution in [0.2, 0.25) is 13.1 Å². The number of aromatic nitrogens is 1. The van der Waals surface area contributed by atoms with Crippen molar-refractivity contribution in [3.05, 3.63) is 11.1 Å². The Kier molecular flexibility index (Phi) is 7.98. The number of likely N-dealkylation sites (tertiary alicyclic amines) is 1. The molecule has 0 spiro atoms. The van der Waals surface area contributed by atoms with Crippen molar-refractivity contribution in [2.75, 3.05) is 18.1 Å². The third-order valence-corrected chi connectivity index (χ3v) is 8.28. The molecule has 2 amide bonds. The molecule has 1 aliphatic heterocycles. The van der Waals surface area contributed by atoms with Crippen LogP contribution in [0.3, 0.4) is 0 Å². The van der Waals surface area contributed by atoms with E-state index in [1.807, 2.05) is 20.8 Å². The Labute approximate surface area is 200 Å². The van der Waals surface area contributed by atoms with Crippen molar-refractivity contribution < 1.29 is 27.6 Å². The van der Waals surface area contributed by atoms with Crippen molar-refractivity contribution in [3.8, 4) is 0 Å². The monoisotopic (exact) mass is 519 g/mol. The van der Waals surface area contributed by atoms with Crippen LogP contribution < -0.4 is 10.0 Å². The molecule has 2 heterocycles. The number of anilines is 1. The summed E-state index contributed by atoms with van der Waals surface area (Å²) in [7, 11) is -3.69. The van der Waals surface area contributed by atoms with Gasteiger partial charge in [-0.15, -0.1) is 11.3 Å². The zero-order chi connectivity index (χ0) is 25.4. The van der Waals surface area contributed by atoms with E-state index in [0.29, 0.717) is 0 Å². The molecular weight excluding hydrogens is 486 g/mol. The van der Waals surface area contributed by atoms with Crippen molar-refractivity contribution in [1.82, 2.24) is 15.2 Å². The Hall–Kier alpha value is -2.03. The van der Waals surface area contributed by atoms with E-state index in [0.717, 1.165) is 17.6 Å². The minimum absolute atomic E-state index is 0.0742. The van der Waals surface area contributed by atoms with Crippen molar-refractivity contribution in [2.24, 2.45) is 5.16 Å². The molecule has 14 heteroatoms. The summed E-state index contributed by atoms with van der Waals surface area (Å²) in [6.45, 7) is 13.4. The van der Waals surface area contributed by atoms with E-state index in [1.54, 1.807) is 18.7 Å². The average Bonchev–Trinajstić information content (AvgIpc) is 3.08. The smallest absolute Gasteiger partial charge is 0.278 e. The van der Waals surface area contributed by atoms with E-state index < -0.39 is 36.0 Å². The summed E-state index contributed by atoms with van der Waals surface area (Å²) in [5, 5.41) is 8.24. The van der Waals surface area contributed by atoms with Crippen molar-refractivity contribution in [3.63, 3.8) is 0 Å². The second-order valence-corrected chi connectivity index (χ2v) is 15.2. The maximum atomic E-state index is 13.4. The molecule has 0 saturated carbocycles. The Bertz CT molecular complexity index is 1030. The molecule has 1 aromatic rings. The summed E-state index contributed by atoms with van der Waals surface area (Å²) in [4.78, 5) is 37.8. The number of hydrogen-bond acceptors (Lipinski definition) is 9. The number of β-lactam (4-membered cyclic amide) rings is 1. The Morgan fingerprint density at radius 2 is 1.97 bits per heavy atom. The molecule has 0 bridgehead atoms. The molecule has 2 rings (SSSR count). The third-order valence-electron chi connectivity index (χ3n) is 4.80. The van der Waals surface area contributed by atoms with Crippen LogP contribution in [0.15, 0.2) is 10.5 Å². The number of amides is 2. The molecule has 0 aromatic carbocycles. The second-order valence-electron chi connectivity index (χ2n) is 9.43. The van der Waals surface area contributed by atoms with Gasteiger partial charge in [0.25, 0.3) is 11.8 Å². The number of methoxy groups -OCH3 is 1. The van der Waals surface area contributed by atoms with E-state index in [-0.39, 0.29) is 34.2 Å². The number of ether oxygens (including phenoxy) is 1. The van der Waals surface area contributed by atoms with Crippen LogP contribution in [0.25, 0.3) is 0 Å². The van der Waals surface area contributed by atoms with E-state index in [2.05, 4.69) is 33.3 Å². The topological polar surface area (TPSA) is 139 Å². The fourth-order valence-electron chi connectivity index (χ4n) is 3.60. The molecule has 1 aromatic heterocycles. The number of carbonyl (C=O) groups excluding carboxylic acids is 2. The first-order valence-corrected chi connectivity index (χ1v) is 16.2. The molecule has 0 aliphatic carbocycles. The lowest BCUT2D eigenvalue weighted by Gasteiger charge is -2.60. The molecule has 2 N–H and O–H groups in total. The summed E-state index contributed by atoms with van der Waals surface area (Å²) in [5.74, 6) is -1.05. The van der Waals surface area contributed by atoms with Gasteiger partial charge in [0.15, 0.2) is 10.8 Å². The summed E-state index contributed by atoms with van der Waals surface area (Å²) >= 11 is 0.992. The summed E-state index contributed by atoms with van der Waals surface area (Å²) in [6, 6.07) is 0. The van der Waals surface area contributed by atoms with Gasteiger partial charge in [-0.2, -0.15) is 0 Å². The number of hydrogen-bond donors (Lipinski definition) is 2. The molecule has 11 nitrogen and oxygen atoms in total. The van der Waals surface area contributed by atoms with Crippen LogP contribution in [-0.2, 0) is 29.2 Å². The molecule has 186 valence electrons. The van der Waals surface area contributed by atoms with Gasteiger partial charge in [0.1, 0.15) is 11.8 Å². The summed E-state index contributed by atoms with van der Waals surface area (Å²) in [6.07, 6.45) is 0.674. The zero-order valence-electron chi connectivity index (χ0n) is 20.4. The molecule has 33 heavy (non-hydrogen) atoms. The highest BCUT2D eigenvalue weighted by Crippen LogP contribution is 2.39. The van der Waals surface area contributed by atoms with Gasteiger partial charge in [0.2, 0.25) is 15.7 Å². The van der Waals surface area contributed by atoms with Gasteiger partial charge in [-0.05, 0) is 34.6 Å². The van der Waals surface area contributed by atoms with Gasteiger partial charge < -0.3 is 19.8 Å². The number of rotatable bonds is 9. The predicted molar refractivity (Wildman–Crippen MR) is 130 cm³/mol. The fraction of sp³-hybridized carbons (Fsp3) is 0.684. The van der Waals surface area contributed by atoms with Crippen LogP contribution in [0.4, 0.5) is 5.13 Å². The van der Waals surface area contributed by atoms with Crippen LogP contribution in [0.1, 0.15) is 40.3 Å². The lowest BCUT2D eigenvalue weighted by atomic mass is 9.92. The lowest BCUT2D eigenvalue weighted by Crippen LogP contribution is -2.86. The predicted octanol–water partition coefficient (Wildman–Crippen LogP) is 1.14. The maximum absolute atomic E-state index is 13.4. The zero-order valence-corrected chi connectivity index (χ0v) is 23.2.